The van der Waals surface area contributed by atoms with Crippen molar-refractivity contribution >= 4 is 5.82 Å². The van der Waals surface area contributed by atoms with Gasteiger partial charge in [-0.2, -0.15) is 0 Å². The monoisotopic (exact) mass is 277 g/mol. The highest BCUT2D eigenvalue weighted by atomic mass is 15.3. The van der Waals surface area contributed by atoms with Crippen LogP contribution in [0.5, 0.6) is 0 Å². The fourth-order valence-electron chi connectivity index (χ4n) is 2.40. The molecular weight excluding hydrogens is 250 g/mol. The van der Waals surface area contributed by atoms with E-state index in [0.29, 0.717) is 0 Å². The molecule has 2 heterocycles. The average Bonchev–Trinajstić information content (AvgIpc) is 2.46. The standard InChI is InChI=1S/C15H27N5/c1-13(16)14-4-5-15(17-12-14)20-10-8-19(9-11-20)7-6-18(2)3/h4-5,12-13H,6-11,16H2,1-3H3/t13-/m0/s1. The maximum atomic E-state index is 5.85. The van der Waals surface area contributed by atoms with Crippen molar-refractivity contribution in [3.63, 3.8) is 0 Å². The fourth-order valence-corrected chi connectivity index (χ4v) is 2.40. The number of nitrogens with two attached hydrogens (primary N) is 1. The number of nitrogens with zero attached hydrogens (tertiary/aromatic N) is 4. The van der Waals surface area contributed by atoms with Gasteiger partial charge < -0.3 is 15.5 Å². The van der Waals surface area contributed by atoms with E-state index in [0.717, 1.165) is 50.6 Å². The van der Waals surface area contributed by atoms with E-state index in [-0.39, 0.29) is 6.04 Å². The minimum absolute atomic E-state index is 0.0550. The summed E-state index contributed by atoms with van der Waals surface area (Å²) in [5, 5.41) is 0. The first kappa shape index (κ1) is 15.2. The lowest BCUT2D eigenvalue weighted by molar-refractivity contribution is 0.229. The van der Waals surface area contributed by atoms with Gasteiger partial charge in [-0.05, 0) is 32.6 Å². The van der Waals surface area contributed by atoms with Crippen molar-refractivity contribution in [2.75, 3.05) is 58.3 Å². The fraction of sp³-hybridized carbons (Fsp3) is 0.667. The van der Waals surface area contributed by atoms with Crippen LogP contribution in [0, 0.1) is 0 Å². The Morgan fingerprint density at radius 2 is 1.95 bits per heavy atom. The van der Waals surface area contributed by atoms with Crippen molar-refractivity contribution in [3.05, 3.63) is 23.9 Å². The number of rotatable bonds is 5. The molecule has 0 spiro atoms. The van der Waals surface area contributed by atoms with Crippen LogP contribution in [0.15, 0.2) is 18.3 Å². The van der Waals surface area contributed by atoms with Crippen molar-refractivity contribution in [1.29, 1.82) is 0 Å². The first-order valence-electron chi connectivity index (χ1n) is 7.40. The van der Waals surface area contributed by atoms with Crippen molar-refractivity contribution in [2.24, 2.45) is 5.73 Å². The molecule has 1 atom stereocenters. The molecule has 0 aromatic carbocycles. The van der Waals surface area contributed by atoms with E-state index >= 15 is 0 Å². The topological polar surface area (TPSA) is 48.6 Å². The normalized spacial score (nSPS) is 18.6. The van der Waals surface area contributed by atoms with Gasteiger partial charge in [0.1, 0.15) is 5.82 Å². The second kappa shape index (κ2) is 7.02. The van der Waals surface area contributed by atoms with Gasteiger partial charge in [0, 0.05) is 51.5 Å². The lowest BCUT2D eigenvalue weighted by atomic mass is 10.1. The zero-order valence-electron chi connectivity index (χ0n) is 12.9. The third-order valence-corrected chi connectivity index (χ3v) is 3.86. The molecule has 0 amide bonds. The molecule has 0 bridgehead atoms. The first-order valence-corrected chi connectivity index (χ1v) is 7.40. The molecule has 1 saturated heterocycles. The number of likely N-dealkylation sites (N-methyl/N-ethyl adjacent to an activating group) is 1. The number of anilines is 1. The largest absolute Gasteiger partial charge is 0.354 e. The SMILES string of the molecule is C[C@H](N)c1ccc(N2CCN(CCN(C)C)CC2)nc1. The zero-order chi connectivity index (χ0) is 14.5. The molecule has 5 heteroatoms. The Balaban J connectivity index is 1.84. The van der Waals surface area contributed by atoms with Gasteiger partial charge in [-0.15, -0.1) is 0 Å². The van der Waals surface area contributed by atoms with Gasteiger partial charge in [0.05, 0.1) is 0 Å². The highest BCUT2D eigenvalue weighted by Crippen LogP contribution is 2.16. The third kappa shape index (κ3) is 4.16. The predicted octanol–water partition coefficient (Wildman–Crippen LogP) is 0.785. The second-order valence-corrected chi connectivity index (χ2v) is 5.87. The van der Waals surface area contributed by atoms with Crippen LogP contribution in [0.4, 0.5) is 5.82 Å². The quantitative estimate of drug-likeness (QED) is 0.862. The van der Waals surface area contributed by atoms with Crippen LogP contribution in [0.2, 0.25) is 0 Å². The molecular formula is C15H27N5. The summed E-state index contributed by atoms with van der Waals surface area (Å²) in [4.78, 5) is 11.7. The first-order chi connectivity index (χ1) is 9.56. The van der Waals surface area contributed by atoms with Crippen LogP contribution < -0.4 is 10.6 Å². The summed E-state index contributed by atoms with van der Waals surface area (Å²) in [5.41, 5.74) is 6.95. The van der Waals surface area contributed by atoms with Crippen LogP contribution in [0.25, 0.3) is 0 Å². The molecule has 1 aliphatic rings. The predicted molar refractivity (Wildman–Crippen MR) is 84.0 cm³/mol. The zero-order valence-corrected chi connectivity index (χ0v) is 12.9. The van der Waals surface area contributed by atoms with Crippen LogP contribution in [-0.4, -0.2) is 68.1 Å². The summed E-state index contributed by atoms with van der Waals surface area (Å²) in [6, 6.07) is 4.24. The summed E-state index contributed by atoms with van der Waals surface area (Å²) >= 11 is 0. The molecule has 2 rings (SSSR count). The molecule has 112 valence electrons. The van der Waals surface area contributed by atoms with E-state index in [2.05, 4.69) is 45.9 Å². The van der Waals surface area contributed by atoms with E-state index in [1.165, 1.54) is 0 Å². The summed E-state index contributed by atoms with van der Waals surface area (Å²) in [6.07, 6.45) is 1.90. The highest BCUT2D eigenvalue weighted by molar-refractivity contribution is 5.40. The number of hydrogen-bond acceptors (Lipinski definition) is 5. The molecule has 1 aromatic heterocycles. The molecule has 2 N–H and O–H groups in total. The van der Waals surface area contributed by atoms with Gasteiger partial charge in [-0.1, -0.05) is 6.07 Å². The van der Waals surface area contributed by atoms with E-state index < -0.39 is 0 Å². The average molecular weight is 277 g/mol. The molecule has 0 unspecified atom stereocenters. The van der Waals surface area contributed by atoms with E-state index in [9.17, 15) is 0 Å². The smallest absolute Gasteiger partial charge is 0.128 e. The van der Waals surface area contributed by atoms with Gasteiger partial charge in [-0.3, -0.25) is 4.90 Å². The van der Waals surface area contributed by atoms with Crippen LogP contribution >= 0.6 is 0 Å². The van der Waals surface area contributed by atoms with E-state index in [1.54, 1.807) is 0 Å². The summed E-state index contributed by atoms with van der Waals surface area (Å²) in [6.45, 7) is 8.60. The Kier molecular flexibility index (Phi) is 5.34. The molecule has 0 saturated carbocycles. The Bertz CT molecular complexity index is 393. The maximum absolute atomic E-state index is 5.85. The summed E-state index contributed by atoms with van der Waals surface area (Å²) in [5.74, 6) is 1.07. The molecule has 1 fully saturated rings. The lowest BCUT2D eigenvalue weighted by Crippen LogP contribution is -2.48. The Labute approximate surface area is 122 Å². The van der Waals surface area contributed by atoms with Crippen LogP contribution in [0.1, 0.15) is 18.5 Å². The van der Waals surface area contributed by atoms with Crippen LogP contribution in [0.3, 0.4) is 0 Å². The minimum Gasteiger partial charge on any atom is -0.354 e. The van der Waals surface area contributed by atoms with Gasteiger partial charge in [0.25, 0.3) is 0 Å². The molecule has 0 radical (unpaired) electrons. The number of aromatic nitrogens is 1. The minimum atomic E-state index is 0.0550. The second-order valence-electron chi connectivity index (χ2n) is 5.87. The van der Waals surface area contributed by atoms with Crippen LogP contribution in [-0.2, 0) is 0 Å². The van der Waals surface area contributed by atoms with Crippen molar-refractivity contribution in [2.45, 2.75) is 13.0 Å². The molecule has 5 nitrogen and oxygen atoms in total. The Hall–Kier alpha value is -1.17. The third-order valence-electron chi connectivity index (χ3n) is 3.86. The Morgan fingerprint density at radius 3 is 2.45 bits per heavy atom. The van der Waals surface area contributed by atoms with Crippen molar-refractivity contribution in [3.8, 4) is 0 Å². The van der Waals surface area contributed by atoms with Gasteiger partial charge in [0.2, 0.25) is 0 Å². The van der Waals surface area contributed by atoms with Gasteiger partial charge in [0.15, 0.2) is 0 Å². The van der Waals surface area contributed by atoms with Gasteiger partial charge in [-0.25, -0.2) is 4.98 Å². The van der Waals surface area contributed by atoms with Crippen molar-refractivity contribution < 1.29 is 0 Å². The lowest BCUT2D eigenvalue weighted by Gasteiger charge is -2.35. The molecule has 1 aliphatic heterocycles. The maximum Gasteiger partial charge on any atom is 0.128 e. The number of pyridine rings is 1. The molecule has 1 aromatic rings. The number of hydrogen-bond donors (Lipinski definition) is 1. The Morgan fingerprint density at radius 1 is 1.25 bits per heavy atom. The van der Waals surface area contributed by atoms with E-state index in [4.69, 9.17) is 5.73 Å². The molecule has 20 heavy (non-hydrogen) atoms. The van der Waals surface area contributed by atoms with Crippen molar-refractivity contribution in [1.82, 2.24) is 14.8 Å². The van der Waals surface area contributed by atoms with Gasteiger partial charge >= 0.3 is 0 Å². The van der Waals surface area contributed by atoms with E-state index in [1.807, 2.05) is 13.1 Å². The highest BCUT2D eigenvalue weighted by Gasteiger charge is 2.17. The number of piperazine rings is 1. The summed E-state index contributed by atoms with van der Waals surface area (Å²) in [7, 11) is 4.25. The molecule has 0 aliphatic carbocycles. The summed E-state index contributed by atoms with van der Waals surface area (Å²) < 4.78 is 0.